The summed E-state index contributed by atoms with van der Waals surface area (Å²) in [6.45, 7) is 1.64. The van der Waals surface area contributed by atoms with Gasteiger partial charge in [0.25, 0.3) is 5.91 Å². The quantitative estimate of drug-likeness (QED) is 0.759. The van der Waals surface area contributed by atoms with Crippen molar-refractivity contribution in [2.24, 2.45) is 17.3 Å². The highest BCUT2D eigenvalue weighted by Crippen LogP contribution is 2.62. The van der Waals surface area contributed by atoms with Crippen molar-refractivity contribution in [3.8, 4) is 0 Å². The molecule has 128 valence electrons. The van der Waals surface area contributed by atoms with Gasteiger partial charge in [-0.05, 0) is 75.5 Å². The van der Waals surface area contributed by atoms with E-state index in [1.54, 1.807) is 6.92 Å². The Kier molecular flexibility index (Phi) is 3.49. The van der Waals surface area contributed by atoms with Crippen molar-refractivity contribution >= 4 is 11.9 Å². The first kappa shape index (κ1) is 15.4. The van der Waals surface area contributed by atoms with E-state index < -0.39 is 11.7 Å². The van der Waals surface area contributed by atoms with Crippen LogP contribution in [0.15, 0.2) is 0 Å². The minimum Gasteiger partial charge on any atom is -0.453 e. The normalized spacial score (nSPS) is 42.3. The lowest BCUT2D eigenvalue weighted by Crippen LogP contribution is -2.56. The zero-order chi connectivity index (χ0) is 16.2. The molecule has 0 spiro atoms. The Balaban J connectivity index is 1.35. The molecule has 2 unspecified atom stereocenters. The molecule has 5 heteroatoms. The summed E-state index contributed by atoms with van der Waals surface area (Å²) in [6, 6.07) is 0.279. The molecule has 5 aliphatic rings. The fourth-order valence-electron chi connectivity index (χ4n) is 5.75. The molecular weight excluding hydrogens is 294 g/mol. The molecule has 5 aliphatic carbocycles. The molecule has 0 aromatic heterocycles. The predicted molar refractivity (Wildman–Crippen MR) is 83.4 cm³/mol. The summed E-state index contributed by atoms with van der Waals surface area (Å²) in [5.41, 5.74) is -0.651. The van der Waals surface area contributed by atoms with Crippen LogP contribution in [0.3, 0.4) is 0 Å². The molecule has 0 aromatic carbocycles. The van der Waals surface area contributed by atoms with Gasteiger partial charge in [-0.3, -0.25) is 9.59 Å². The van der Waals surface area contributed by atoms with Crippen LogP contribution in [-0.2, 0) is 14.3 Å². The fraction of sp³-hybridized carbons (Fsp3) is 0.889. The SMILES string of the molecule is C[C@@H](OC(=O)CC12C[C@@H]3C[C@@H](CC(O)(C3)C1)C2)C(=O)NC1CC1. The van der Waals surface area contributed by atoms with E-state index >= 15 is 0 Å². The van der Waals surface area contributed by atoms with E-state index in [-0.39, 0.29) is 23.3 Å². The number of ether oxygens (including phenoxy) is 1. The van der Waals surface area contributed by atoms with Crippen molar-refractivity contribution in [1.82, 2.24) is 5.32 Å². The molecule has 5 nitrogen and oxygen atoms in total. The van der Waals surface area contributed by atoms with Crippen molar-refractivity contribution in [1.29, 1.82) is 0 Å². The average Bonchev–Trinajstić information content (AvgIpc) is 3.18. The Morgan fingerprint density at radius 1 is 1.22 bits per heavy atom. The maximum absolute atomic E-state index is 12.4. The summed E-state index contributed by atoms with van der Waals surface area (Å²) < 4.78 is 5.38. The zero-order valence-corrected chi connectivity index (χ0v) is 13.8. The van der Waals surface area contributed by atoms with Crippen LogP contribution < -0.4 is 5.32 Å². The number of esters is 1. The van der Waals surface area contributed by atoms with Crippen LogP contribution >= 0.6 is 0 Å². The Bertz CT molecular complexity index is 513. The van der Waals surface area contributed by atoms with Gasteiger partial charge in [0.15, 0.2) is 6.10 Å². The van der Waals surface area contributed by atoms with Crippen LogP contribution in [-0.4, -0.2) is 34.7 Å². The molecule has 5 atom stereocenters. The summed E-state index contributed by atoms with van der Waals surface area (Å²) in [4.78, 5) is 24.3. The lowest BCUT2D eigenvalue weighted by molar-refractivity contribution is -0.180. The van der Waals surface area contributed by atoms with Crippen molar-refractivity contribution < 1.29 is 19.4 Å². The number of rotatable bonds is 5. The topological polar surface area (TPSA) is 75.6 Å². The van der Waals surface area contributed by atoms with Crippen molar-refractivity contribution in [2.45, 2.75) is 82.5 Å². The van der Waals surface area contributed by atoms with Gasteiger partial charge >= 0.3 is 5.97 Å². The van der Waals surface area contributed by atoms with Gasteiger partial charge in [-0.2, -0.15) is 0 Å². The summed E-state index contributed by atoms with van der Waals surface area (Å²) in [5.74, 6) is 0.647. The number of carbonyl (C=O) groups is 2. The lowest BCUT2D eigenvalue weighted by Gasteiger charge is -2.60. The summed E-state index contributed by atoms with van der Waals surface area (Å²) in [7, 11) is 0. The zero-order valence-electron chi connectivity index (χ0n) is 13.8. The Hall–Kier alpha value is -1.10. The molecule has 4 bridgehead atoms. The summed E-state index contributed by atoms with van der Waals surface area (Å²) in [6.07, 6.45) is 7.48. The summed E-state index contributed by atoms with van der Waals surface area (Å²) >= 11 is 0. The van der Waals surface area contributed by atoms with Crippen LogP contribution in [0.4, 0.5) is 0 Å². The average molecular weight is 321 g/mol. The predicted octanol–water partition coefficient (Wildman–Crippen LogP) is 1.92. The molecule has 0 radical (unpaired) electrons. The van der Waals surface area contributed by atoms with Crippen LogP contribution in [0, 0.1) is 17.3 Å². The van der Waals surface area contributed by atoms with Gasteiger partial charge in [0.2, 0.25) is 0 Å². The monoisotopic (exact) mass is 321 g/mol. The van der Waals surface area contributed by atoms with Gasteiger partial charge in [0.05, 0.1) is 12.0 Å². The maximum atomic E-state index is 12.4. The molecule has 0 aromatic rings. The second-order valence-electron chi connectivity index (χ2n) is 8.78. The third-order valence-corrected chi connectivity index (χ3v) is 6.27. The third-order valence-electron chi connectivity index (χ3n) is 6.27. The standard InChI is InChI=1S/C18H27NO4/c1-11(16(21)19-14-2-3-14)23-15(20)9-17-5-12-4-13(6-17)8-18(22,7-12)10-17/h11-14,22H,2-10H2,1H3,(H,19,21)/t11-,12-,13+,17?,18?/m1/s1. The highest BCUT2D eigenvalue weighted by molar-refractivity contribution is 5.84. The minimum atomic E-state index is -0.722. The molecule has 2 N–H and O–H groups in total. The van der Waals surface area contributed by atoms with Gasteiger partial charge in [0.1, 0.15) is 0 Å². The largest absolute Gasteiger partial charge is 0.453 e. The minimum absolute atomic E-state index is 0.0946. The number of hydrogen-bond donors (Lipinski definition) is 2. The molecule has 23 heavy (non-hydrogen) atoms. The number of hydrogen-bond acceptors (Lipinski definition) is 4. The van der Waals surface area contributed by atoms with Crippen molar-refractivity contribution in [3.05, 3.63) is 0 Å². The first-order chi connectivity index (χ1) is 10.8. The van der Waals surface area contributed by atoms with Crippen LogP contribution in [0.2, 0.25) is 0 Å². The van der Waals surface area contributed by atoms with Gasteiger partial charge in [-0.25, -0.2) is 0 Å². The highest BCUT2D eigenvalue weighted by Gasteiger charge is 2.57. The van der Waals surface area contributed by atoms with Crippen molar-refractivity contribution in [3.63, 3.8) is 0 Å². The van der Waals surface area contributed by atoms with Crippen LogP contribution in [0.5, 0.6) is 0 Å². The molecule has 1 amide bonds. The van der Waals surface area contributed by atoms with E-state index in [1.165, 1.54) is 6.42 Å². The lowest BCUT2D eigenvalue weighted by atomic mass is 9.47. The molecule has 5 fully saturated rings. The van der Waals surface area contributed by atoms with E-state index in [2.05, 4.69) is 5.32 Å². The number of amides is 1. The first-order valence-electron chi connectivity index (χ1n) is 9.07. The van der Waals surface area contributed by atoms with E-state index in [0.29, 0.717) is 18.3 Å². The Morgan fingerprint density at radius 3 is 2.43 bits per heavy atom. The maximum Gasteiger partial charge on any atom is 0.307 e. The Labute approximate surface area is 137 Å². The summed E-state index contributed by atoms with van der Waals surface area (Å²) in [5, 5.41) is 13.6. The molecule has 0 aliphatic heterocycles. The molecule has 0 saturated heterocycles. The Morgan fingerprint density at radius 2 is 1.87 bits per heavy atom. The first-order valence-corrected chi connectivity index (χ1v) is 9.07. The van der Waals surface area contributed by atoms with Gasteiger partial charge < -0.3 is 15.2 Å². The van der Waals surface area contributed by atoms with Gasteiger partial charge in [-0.15, -0.1) is 0 Å². The number of aliphatic hydroxyl groups is 1. The van der Waals surface area contributed by atoms with Crippen LogP contribution in [0.25, 0.3) is 0 Å². The van der Waals surface area contributed by atoms with Crippen molar-refractivity contribution in [2.75, 3.05) is 0 Å². The second-order valence-corrected chi connectivity index (χ2v) is 8.78. The van der Waals surface area contributed by atoms with E-state index in [4.69, 9.17) is 4.74 Å². The number of nitrogens with one attached hydrogen (secondary N) is 1. The smallest absolute Gasteiger partial charge is 0.307 e. The van der Waals surface area contributed by atoms with Gasteiger partial charge in [0, 0.05) is 6.04 Å². The van der Waals surface area contributed by atoms with E-state index in [0.717, 1.165) is 44.9 Å². The molecular formula is C18H27NO4. The van der Waals surface area contributed by atoms with E-state index in [9.17, 15) is 14.7 Å². The number of carbonyl (C=O) groups excluding carboxylic acids is 2. The second kappa shape index (κ2) is 5.20. The molecule has 5 rings (SSSR count). The molecule has 5 saturated carbocycles. The van der Waals surface area contributed by atoms with Crippen LogP contribution in [0.1, 0.15) is 64.7 Å². The van der Waals surface area contributed by atoms with Gasteiger partial charge in [-0.1, -0.05) is 0 Å². The third kappa shape index (κ3) is 3.12. The van der Waals surface area contributed by atoms with E-state index in [1.807, 2.05) is 0 Å². The molecule has 0 heterocycles. The highest BCUT2D eigenvalue weighted by atomic mass is 16.5. The fourth-order valence-corrected chi connectivity index (χ4v) is 5.75.